The summed E-state index contributed by atoms with van der Waals surface area (Å²) >= 11 is 0. The van der Waals surface area contributed by atoms with Crippen molar-refractivity contribution in [2.24, 2.45) is 17.2 Å². The van der Waals surface area contributed by atoms with E-state index in [1.807, 2.05) is 0 Å². The van der Waals surface area contributed by atoms with Crippen LogP contribution in [-0.2, 0) is 9.59 Å². The van der Waals surface area contributed by atoms with Crippen molar-refractivity contribution in [2.45, 2.75) is 31.2 Å². The summed E-state index contributed by atoms with van der Waals surface area (Å²) in [5.41, 5.74) is 14.2. The number of hydrogen-bond acceptors (Lipinski definition) is 5. The maximum absolute atomic E-state index is 11.5. The van der Waals surface area contributed by atoms with Gasteiger partial charge in [-0.25, -0.2) is 4.79 Å². The summed E-state index contributed by atoms with van der Waals surface area (Å²) in [4.78, 5) is 22.4. The molecule has 15 heavy (non-hydrogen) atoms. The molecule has 0 aromatic rings. The first-order valence-corrected chi connectivity index (χ1v) is 4.94. The van der Waals surface area contributed by atoms with Gasteiger partial charge in [-0.2, -0.15) is 0 Å². The molecule has 0 aliphatic rings. The monoisotopic (exact) mass is 217 g/mol. The lowest BCUT2D eigenvalue weighted by Crippen LogP contribution is -2.55. The van der Waals surface area contributed by atoms with Crippen molar-refractivity contribution in [1.82, 2.24) is 0 Å². The number of carboxylic acid groups (broad SMARTS) is 1. The number of aliphatic carboxylic acids is 1. The second-order valence-electron chi connectivity index (χ2n) is 3.48. The molecule has 0 spiro atoms. The standard InChI is InChI=1S/C9H19N3O3/c10-5-2-1-4-9(12,8(14)15)7(13)3-6-11/h1-6,10-12H2,(H,14,15)/t9-/m1/s1. The lowest BCUT2D eigenvalue weighted by Gasteiger charge is -2.22. The molecule has 6 nitrogen and oxygen atoms in total. The summed E-state index contributed by atoms with van der Waals surface area (Å²) in [5, 5.41) is 8.91. The first kappa shape index (κ1) is 14.0. The molecule has 0 aromatic heterocycles. The normalized spacial score (nSPS) is 14.6. The van der Waals surface area contributed by atoms with Gasteiger partial charge in [-0.15, -0.1) is 0 Å². The number of nitrogens with two attached hydrogens (primary N) is 3. The molecule has 0 aliphatic heterocycles. The van der Waals surface area contributed by atoms with E-state index in [1.54, 1.807) is 0 Å². The molecule has 7 N–H and O–H groups in total. The van der Waals surface area contributed by atoms with E-state index in [-0.39, 0.29) is 19.4 Å². The molecule has 0 amide bonds. The summed E-state index contributed by atoms with van der Waals surface area (Å²) in [6.07, 6.45) is 1.28. The topological polar surface area (TPSA) is 132 Å². The van der Waals surface area contributed by atoms with Crippen LogP contribution in [0.2, 0.25) is 0 Å². The van der Waals surface area contributed by atoms with Crippen LogP contribution in [0.4, 0.5) is 0 Å². The molecule has 0 bridgehead atoms. The minimum Gasteiger partial charge on any atom is -0.480 e. The quantitative estimate of drug-likeness (QED) is 0.298. The molecule has 1 atom stereocenters. The third-order valence-corrected chi connectivity index (χ3v) is 2.28. The van der Waals surface area contributed by atoms with Crippen molar-refractivity contribution in [3.8, 4) is 0 Å². The SMILES string of the molecule is NCCCC[C@](N)(C(=O)O)C(=O)CCN. The van der Waals surface area contributed by atoms with E-state index in [9.17, 15) is 9.59 Å². The van der Waals surface area contributed by atoms with Crippen molar-refractivity contribution in [2.75, 3.05) is 13.1 Å². The van der Waals surface area contributed by atoms with Gasteiger partial charge in [-0.1, -0.05) is 0 Å². The van der Waals surface area contributed by atoms with Gasteiger partial charge in [-0.3, -0.25) is 4.79 Å². The highest BCUT2D eigenvalue weighted by Gasteiger charge is 2.40. The number of unbranched alkanes of at least 4 members (excludes halogenated alkanes) is 1. The van der Waals surface area contributed by atoms with Crippen LogP contribution >= 0.6 is 0 Å². The van der Waals surface area contributed by atoms with Gasteiger partial charge in [0.25, 0.3) is 0 Å². The van der Waals surface area contributed by atoms with E-state index in [0.29, 0.717) is 19.4 Å². The molecule has 0 unspecified atom stereocenters. The highest BCUT2D eigenvalue weighted by molar-refractivity contribution is 6.07. The second kappa shape index (κ2) is 6.49. The van der Waals surface area contributed by atoms with Crippen molar-refractivity contribution >= 4 is 11.8 Å². The van der Waals surface area contributed by atoms with Gasteiger partial charge < -0.3 is 22.3 Å². The first-order valence-electron chi connectivity index (χ1n) is 4.94. The summed E-state index contributed by atoms with van der Waals surface area (Å²) in [6, 6.07) is 0. The van der Waals surface area contributed by atoms with E-state index in [0.717, 1.165) is 0 Å². The molecule has 0 heterocycles. The predicted octanol–water partition coefficient (Wildman–Crippen LogP) is -1.18. The fourth-order valence-corrected chi connectivity index (χ4v) is 1.27. The molecule has 88 valence electrons. The van der Waals surface area contributed by atoms with Crippen LogP contribution in [0.5, 0.6) is 0 Å². The van der Waals surface area contributed by atoms with E-state index in [4.69, 9.17) is 22.3 Å². The van der Waals surface area contributed by atoms with Gasteiger partial charge in [-0.05, 0) is 32.4 Å². The first-order chi connectivity index (χ1) is 6.99. The third-order valence-electron chi connectivity index (χ3n) is 2.28. The molecular weight excluding hydrogens is 198 g/mol. The Morgan fingerprint density at radius 3 is 2.13 bits per heavy atom. The largest absolute Gasteiger partial charge is 0.480 e. The highest BCUT2D eigenvalue weighted by atomic mass is 16.4. The lowest BCUT2D eigenvalue weighted by atomic mass is 9.87. The third kappa shape index (κ3) is 3.94. The zero-order valence-electron chi connectivity index (χ0n) is 8.74. The molecular formula is C9H19N3O3. The number of Topliss-reactive ketones (excluding diaryl/α,β-unsaturated/α-hetero) is 1. The molecule has 0 aromatic carbocycles. The Balaban J connectivity index is 4.44. The summed E-state index contributed by atoms with van der Waals surface area (Å²) in [6.45, 7) is 0.572. The average molecular weight is 217 g/mol. The minimum absolute atomic E-state index is 0.00851. The zero-order valence-corrected chi connectivity index (χ0v) is 8.74. The Morgan fingerprint density at radius 1 is 1.13 bits per heavy atom. The summed E-state index contributed by atoms with van der Waals surface area (Å²) in [7, 11) is 0. The van der Waals surface area contributed by atoms with Gasteiger partial charge >= 0.3 is 5.97 Å². The molecule has 0 saturated heterocycles. The van der Waals surface area contributed by atoms with Crippen LogP contribution < -0.4 is 17.2 Å². The number of ketones is 1. The minimum atomic E-state index is -1.80. The van der Waals surface area contributed by atoms with E-state index >= 15 is 0 Å². The predicted molar refractivity (Wildman–Crippen MR) is 56.1 cm³/mol. The Morgan fingerprint density at radius 2 is 1.73 bits per heavy atom. The molecule has 0 radical (unpaired) electrons. The van der Waals surface area contributed by atoms with Crippen molar-refractivity contribution in [1.29, 1.82) is 0 Å². The molecule has 0 rings (SSSR count). The van der Waals surface area contributed by atoms with E-state index in [1.165, 1.54) is 0 Å². The zero-order chi connectivity index (χ0) is 11.9. The van der Waals surface area contributed by atoms with E-state index in [2.05, 4.69) is 0 Å². The maximum atomic E-state index is 11.5. The second-order valence-corrected chi connectivity index (χ2v) is 3.48. The Labute approximate surface area is 88.8 Å². The van der Waals surface area contributed by atoms with Gasteiger partial charge in [0.15, 0.2) is 11.3 Å². The van der Waals surface area contributed by atoms with Crippen LogP contribution in [0.3, 0.4) is 0 Å². The van der Waals surface area contributed by atoms with Crippen LogP contribution in [0.15, 0.2) is 0 Å². The van der Waals surface area contributed by atoms with Crippen LogP contribution in [-0.4, -0.2) is 35.5 Å². The van der Waals surface area contributed by atoms with Crippen LogP contribution in [0.25, 0.3) is 0 Å². The lowest BCUT2D eigenvalue weighted by molar-refractivity contribution is -0.148. The fraction of sp³-hybridized carbons (Fsp3) is 0.778. The summed E-state index contributed by atoms with van der Waals surface area (Å²) < 4.78 is 0. The van der Waals surface area contributed by atoms with Gasteiger partial charge in [0.2, 0.25) is 0 Å². The molecule has 0 aliphatic carbocycles. The van der Waals surface area contributed by atoms with Gasteiger partial charge in [0, 0.05) is 6.42 Å². The fourth-order valence-electron chi connectivity index (χ4n) is 1.27. The smallest absolute Gasteiger partial charge is 0.331 e. The van der Waals surface area contributed by atoms with Crippen molar-refractivity contribution in [3.63, 3.8) is 0 Å². The Kier molecular flexibility index (Phi) is 6.07. The Bertz CT molecular complexity index is 233. The van der Waals surface area contributed by atoms with Crippen LogP contribution in [0.1, 0.15) is 25.7 Å². The van der Waals surface area contributed by atoms with Crippen molar-refractivity contribution in [3.05, 3.63) is 0 Å². The molecule has 6 heteroatoms. The van der Waals surface area contributed by atoms with Gasteiger partial charge in [0.1, 0.15) is 0 Å². The highest BCUT2D eigenvalue weighted by Crippen LogP contribution is 2.14. The number of carbonyl (C=O) groups excluding carboxylic acids is 1. The number of carbonyl (C=O) groups is 2. The summed E-state index contributed by atoms with van der Waals surface area (Å²) in [5.74, 6) is -1.81. The maximum Gasteiger partial charge on any atom is 0.331 e. The molecule has 0 fully saturated rings. The molecule has 0 saturated carbocycles. The number of hydrogen-bond donors (Lipinski definition) is 4. The van der Waals surface area contributed by atoms with Crippen molar-refractivity contribution < 1.29 is 14.7 Å². The number of rotatable bonds is 8. The van der Waals surface area contributed by atoms with E-state index < -0.39 is 17.3 Å². The van der Waals surface area contributed by atoms with Gasteiger partial charge in [0.05, 0.1) is 0 Å². The Hall–Kier alpha value is -0.980. The number of carboxylic acids is 1. The van der Waals surface area contributed by atoms with Crippen LogP contribution in [0, 0.1) is 0 Å². The average Bonchev–Trinajstić information content (AvgIpc) is 2.18.